The van der Waals surface area contributed by atoms with Crippen LogP contribution in [0.3, 0.4) is 0 Å². The van der Waals surface area contributed by atoms with Crippen molar-refractivity contribution in [3.8, 4) is 62.1 Å². The minimum Gasteiger partial charge on any atom is -0.456 e. The number of aromatic nitrogens is 4. The van der Waals surface area contributed by atoms with Crippen molar-refractivity contribution in [2.75, 3.05) is 0 Å². The third kappa shape index (κ3) is 5.76. The van der Waals surface area contributed by atoms with Gasteiger partial charge in [-0.25, -0.2) is 15.0 Å². The number of nitrogens with zero attached hydrogens (tertiary/aromatic N) is 4. The lowest BCUT2D eigenvalue weighted by atomic mass is 10.0. The number of hydrogen-bond acceptors (Lipinski definition) is 5. The van der Waals surface area contributed by atoms with Crippen molar-refractivity contribution >= 4 is 65.7 Å². The highest BCUT2D eigenvalue weighted by atomic mass is 16.3. The highest BCUT2D eigenvalue weighted by Crippen LogP contribution is 2.41. The van der Waals surface area contributed by atoms with Gasteiger partial charge in [0.1, 0.15) is 22.3 Å². The third-order valence-electron chi connectivity index (χ3n) is 12.3. The third-order valence-corrected chi connectivity index (χ3v) is 12.3. The molecule has 0 spiro atoms. The second-order valence-corrected chi connectivity index (χ2v) is 16.0. The second-order valence-electron chi connectivity index (χ2n) is 16.0. The second kappa shape index (κ2) is 14.0. The molecule has 6 nitrogen and oxygen atoms in total. The minimum atomic E-state index is 0.565. The van der Waals surface area contributed by atoms with E-state index in [0.29, 0.717) is 17.5 Å². The molecule has 0 saturated carbocycles. The first-order valence-electron chi connectivity index (χ1n) is 21.1. The van der Waals surface area contributed by atoms with Crippen molar-refractivity contribution in [2.45, 2.75) is 0 Å². The highest BCUT2D eigenvalue weighted by Gasteiger charge is 2.21. The summed E-state index contributed by atoms with van der Waals surface area (Å²) in [7, 11) is 0. The molecule has 6 heteroatoms. The molecule has 4 aromatic heterocycles. The van der Waals surface area contributed by atoms with Crippen LogP contribution in [0.5, 0.6) is 0 Å². The predicted molar refractivity (Wildman–Crippen MR) is 256 cm³/mol. The maximum absolute atomic E-state index is 6.61. The van der Waals surface area contributed by atoms with Gasteiger partial charge in [-0.3, -0.25) is 0 Å². The fourth-order valence-electron chi connectivity index (χ4n) is 9.27. The van der Waals surface area contributed by atoms with Crippen LogP contribution in [-0.4, -0.2) is 19.5 Å². The van der Waals surface area contributed by atoms with Crippen LogP contribution in [0.2, 0.25) is 0 Å². The van der Waals surface area contributed by atoms with Crippen molar-refractivity contribution in [3.05, 3.63) is 206 Å². The molecule has 0 bridgehead atoms. The zero-order chi connectivity index (χ0) is 41.4. The number of hydrogen-bond donors (Lipinski definition) is 0. The summed E-state index contributed by atoms with van der Waals surface area (Å²) in [5, 5.41) is 6.47. The number of rotatable bonds is 6. The molecule has 0 N–H and O–H groups in total. The Labute approximate surface area is 361 Å². The predicted octanol–water partition coefficient (Wildman–Crippen LogP) is 15.1. The minimum absolute atomic E-state index is 0.565. The van der Waals surface area contributed by atoms with E-state index >= 15 is 0 Å². The van der Waals surface area contributed by atoms with Crippen molar-refractivity contribution in [1.82, 2.24) is 19.5 Å². The Hall–Kier alpha value is -8.61. The van der Waals surface area contributed by atoms with E-state index in [9.17, 15) is 0 Å². The van der Waals surface area contributed by atoms with Gasteiger partial charge in [0.25, 0.3) is 0 Å². The normalized spacial score (nSPS) is 11.8. The SMILES string of the molecule is c1ccc(-c2ccc(-c3nc(-c4cccc(-c5ccccc5)c4)nc(-c4cccc5oc6ccc(-n7c8ccccc8c8cc9c(cc87)oc7ccccc79)cc6c45)n3)cc2)cc1. The maximum Gasteiger partial charge on any atom is 0.164 e. The standard InChI is InChI=1S/C57H34N4O2/c1-3-13-35(14-4-1)37-25-27-38(28-26-37)55-58-56(40-18-11-17-39(31-40)36-15-5-2-6-16-36)60-57(59-55)44-21-12-24-52-54(44)47-32-41(29-30-51(47)62-52)61-48-22-9-7-19-42(48)45-33-46-43-20-8-10-23-50(43)63-53(46)34-49(45)61/h1-34H. The summed E-state index contributed by atoms with van der Waals surface area (Å²) < 4.78 is 15.4. The van der Waals surface area contributed by atoms with E-state index in [1.807, 2.05) is 36.4 Å². The van der Waals surface area contributed by atoms with Gasteiger partial charge in [0.05, 0.1) is 11.0 Å². The van der Waals surface area contributed by atoms with Crippen LogP contribution >= 0.6 is 0 Å². The molecule has 0 aliphatic carbocycles. The van der Waals surface area contributed by atoms with Gasteiger partial charge in [-0.1, -0.05) is 152 Å². The van der Waals surface area contributed by atoms with E-state index < -0.39 is 0 Å². The fraction of sp³-hybridized carbons (Fsp3) is 0. The molecule has 294 valence electrons. The van der Waals surface area contributed by atoms with Crippen molar-refractivity contribution in [2.24, 2.45) is 0 Å². The monoisotopic (exact) mass is 806 g/mol. The molecular formula is C57H34N4O2. The van der Waals surface area contributed by atoms with E-state index in [-0.39, 0.29) is 0 Å². The Balaban J connectivity index is 1.01. The zero-order valence-corrected chi connectivity index (χ0v) is 33.7. The topological polar surface area (TPSA) is 69.9 Å². The first kappa shape index (κ1) is 35.2. The van der Waals surface area contributed by atoms with Gasteiger partial charge in [-0.15, -0.1) is 0 Å². The van der Waals surface area contributed by atoms with Gasteiger partial charge in [0.2, 0.25) is 0 Å². The van der Waals surface area contributed by atoms with E-state index in [0.717, 1.165) is 99.5 Å². The lowest BCUT2D eigenvalue weighted by Gasteiger charge is -2.11. The van der Waals surface area contributed by atoms with Gasteiger partial charge in [0, 0.05) is 60.8 Å². The molecule has 0 atom stereocenters. The molecule has 13 aromatic rings. The van der Waals surface area contributed by atoms with Crippen LogP contribution in [0.1, 0.15) is 0 Å². The number of furan rings is 2. The average molecular weight is 807 g/mol. The number of para-hydroxylation sites is 2. The smallest absolute Gasteiger partial charge is 0.164 e. The largest absolute Gasteiger partial charge is 0.456 e. The quantitative estimate of drug-likeness (QED) is 0.167. The number of benzene rings is 9. The summed E-state index contributed by atoms with van der Waals surface area (Å²) in [6.07, 6.45) is 0. The average Bonchev–Trinajstić information content (AvgIpc) is 4.02. The number of fused-ring (bicyclic) bond motifs is 9. The lowest BCUT2D eigenvalue weighted by molar-refractivity contribution is 0.668. The van der Waals surface area contributed by atoms with Crippen molar-refractivity contribution in [3.63, 3.8) is 0 Å². The molecule has 0 unspecified atom stereocenters. The Bertz CT molecular complexity index is 3900. The molecule has 13 rings (SSSR count). The highest BCUT2D eigenvalue weighted by molar-refractivity contribution is 6.18. The molecule has 0 aliphatic heterocycles. The molecular weight excluding hydrogens is 773 g/mol. The van der Waals surface area contributed by atoms with Crippen LogP contribution in [0.25, 0.3) is 128 Å². The van der Waals surface area contributed by atoms with E-state index in [4.69, 9.17) is 23.8 Å². The fourth-order valence-corrected chi connectivity index (χ4v) is 9.27. The van der Waals surface area contributed by atoms with Crippen LogP contribution < -0.4 is 0 Å². The lowest BCUT2D eigenvalue weighted by Crippen LogP contribution is -2.00. The molecule has 9 aromatic carbocycles. The molecule has 0 aliphatic rings. The van der Waals surface area contributed by atoms with Crippen LogP contribution in [0.15, 0.2) is 215 Å². The molecule has 4 heterocycles. The van der Waals surface area contributed by atoms with Gasteiger partial charge in [-0.2, -0.15) is 0 Å². The van der Waals surface area contributed by atoms with Crippen molar-refractivity contribution in [1.29, 1.82) is 0 Å². The van der Waals surface area contributed by atoms with Gasteiger partial charge in [0.15, 0.2) is 17.5 Å². The first-order valence-corrected chi connectivity index (χ1v) is 21.1. The molecule has 63 heavy (non-hydrogen) atoms. The van der Waals surface area contributed by atoms with Crippen molar-refractivity contribution < 1.29 is 8.83 Å². The molecule has 0 fully saturated rings. The van der Waals surface area contributed by atoms with E-state index in [2.05, 4.69) is 174 Å². The summed E-state index contributed by atoms with van der Waals surface area (Å²) in [4.78, 5) is 15.6. The molecule has 0 saturated heterocycles. The first-order chi connectivity index (χ1) is 31.2. The summed E-state index contributed by atoms with van der Waals surface area (Å²) in [6, 6.07) is 71.5. The Morgan fingerprint density at radius 3 is 1.71 bits per heavy atom. The Kier molecular flexibility index (Phi) is 7.80. The van der Waals surface area contributed by atoms with E-state index in [1.54, 1.807) is 0 Å². The molecule has 0 radical (unpaired) electrons. The molecule has 0 amide bonds. The Morgan fingerprint density at radius 2 is 0.889 bits per heavy atom. The maximum atomic E-state index is 6.61. The summed E-state index contributed by atoms with van der Waals surface area (Å²) in [6.45, 7) is 0. The van der Waals surface area contributed by atoms with E-state index in [1.165, 1.54) is 10.8 Å². The summed E-state index contributed by atoms with van der Waals surface area (Å²) in [5.41, 5.74) is 13.6. The summed E-state index contributed by atoms with van der Waals surface area (Å²) >= 11 is 0. The van der Waals surface area contributed by atoms with Crippen LogP contribution in [0.4, 0.5) is 0 Å². The van der Waals surface area contributed by atoms with Crippen LogP contribution in [0, 0.1) is 0 Å². The van der Waals surface area contributed by atoms with Gasteiger partial charge in [-0.05, 0) is 70.8 Å². The Morgan fingerprint density at radius 1 is 0.302 bits per heavy atom. The zero-order valence-electron chi connectivity index (χ0n) is 33.7. The van der Waals surface area contributed by atoms with Crippen LogP contribution in [-0.2, 0) is 0 Å². The van der Waals surface area contributed by atoms with Gasteiger partial charge < -0.3 is 13.4 Å². The summed E-state index contributed by atoms with van der Waals surface area (Å²) in [5.74, 6) is 1.75. The van der Waals surface area contributed by atoms with Gasteiger partial charge >= 0.3 is 0 Å².